The minimum Gasteiger partial charge on any atom is -0.778 e. The van der Waals surface area contributed by atoms with Crippen molar-refractivity contribution in [2.24, 2.45) is 0 Å². The smallest absolute Gasteiger partial charge is 0.351 e. The number of rotatable bonds is 14. The highest BCUT2D eigenvalue weighted by Gasteiger charge is 2.40. The minimum atomic E-state index is -5.07. The van der Waals surface area contributed by atoms with Crippen molar-refractivity contribution in [3.8, 4) is 0 Å². The van der Waals surface area contributed by atoms with E-state index in [-0.39, 0.29) is 24.3 Å². The van der Waals surface area contributed by atoms with Gasteiger partial charge in [0, 0.05) is 37.2 Å². The Morgan fingerprint density at radius 2 is 1.74 bits per heavy atom. The lowest BCUT2D eigenvalue weighted by molar-refractivity contribution is -0.384. The number of non-ortho nitro benzene ring substituents is 1. The summed E-state index contributed by atoms with van der Waals surface area (Å²) in [6.45, 7) is -0.0488. The molecule has 1 fully saturated rings. The third-order valence-corrected chi connectivity index (χ3v) is 10.4. The van der Waals surface area contributed by atoms with Gasteiger partial charge in [0.1, 0.15) is 39.4 Å². The number of benzene rings is 2. The van der Waals surface area contributed by atoms with Crippen molar-refractivity contribution in [2.45, 2.75) is 38.2 Å². The molecule has 1 aliphatic rings. The summed E-state index contributed by atoms with van der Waals surface area (Å²) >= 11 is 0. The van der Waals surface area contributed by atoms with Crippen molar-refractivity contribution < 1.29 is 52.0 Å². The van der Waals surface area contributed by atoms with Crippen LogP contribution in [-0.2, 0) is 38.9 Å². The molecule has 2 aromatic carbocycles. The molecule has 1 amide bonds. The summed E-state index contributed by atoms with van der Waals surface area (Å²) in [4.78, 5) is 75.6. The predicted molar refractivity (Wildman–Crippen MR) is 156 cm³/mol. The fourth-order valence-electron chi connectivity index (χ4n) is 4.41. The van der Waals surface area contributed by atoms with E-state index >= 15 is 0 Å². The number of aromatic nitrogens is 2. The SMILES string of the molecule is CC(=O)O[C@H]1C[C@H](n2ccc(NC(=O)c3ccccc3)nc2=O)O[C@@H]1COP(=O)([O-])CP(=O)([O-])OCCc1ccc([N+](=O)[O-])cc1. The lowest BCUT2D eigenvalue weighted by Crippen LogP contribution is -2.31. The first kappa shape index (κ1) is 34.8. The van der Waals surface area contributed by atoms with E-state index in [0.29, 0.717) is 11.1 Å². The Morgan fingerprint density at radius 1 is 1.07 bits per heavy atom. The molecule has 19 heteroatoms. The number of ether oxygens (including phenoxy) is 2. The van der Waals surface area contributed by atoms with Crippen LogP contribution >= 0.6 is 15.2 Å². The number of anilines is 1. The van der Waals surface area contributed by atoms with Crippen molar-refractivity contribution in [1.82, 2.24) is 9.55 Å². The lowest BCUT2D eigenvalue weighted by atomic mass is 10.1. The van der Waals surface area contributed by atoms with Crippen molar-refractivity contribution in [1.29, 1.82) is 0 Å². The average Bonchev–Trinajstić information content (AvgIpc) is 3.37. The standard InChI is InChI=1S/C27H30N4O13P2/c1-18(32)43-22-15-25(30-13-11-24(29-27(30)34)28-26(33)20-5-3-2-4-6-20)44-23(22)16-42-46(39,40)17-45(37,38)41-14-12-19-7-9-21(10-8-19)31(35)36/h2-11,13,22-23,25H,12,14-17H2,1H3,(H,37,38)(H,39,40)(H,28,29,33,34)/p-2/t22-,23+,25+/m0/s1. The molecule has 0 bridgehead atoms. The minimum absolute atomic E-state index is 0.0320. The number of hydrogen-bond donors (Lipinski definition) is 1. The van der Waals surface area contributed by atoms with Crippen LogP contribution in [0.1, 0.15) is 35.5 Å². The Labute approximate surface area is 261 Å². The lowest BCUT2D eigenvalue weighted by Gasteiger charge is -2.32. The molecular formula is C27H28N4O13P2-2. The molecule has 1 N–H and O–H groups in total. The van der Waals surface area contributed by atoms with Gasteiger partial charge >= 0.3 is 11.7 Å². The third-order valence-electron chi connectivity index (χ3n) is 6.52. The van der Waals surface area contributed by atoms with Crippen molar-refractivity contribution in [2.75, 3.05) is 24.4 Å². The zero-order chi connectivity index (χ0) is 33.5. The van der Waals surface area contributed by atoms with Gasteiger partial charge in [0.15, 0.2) is 0 Å². The molecule has 0 saturated carbocycles. The first-order valence-corrected chi connectivity index (χ1v) is 17.1. The van der Waals surface area contributed by atoms with E-state index < -0.39 is 75.2 Å². The Morgan fingerprint density at radius 3 is 2.37 bits per heavy atom. The molecule has 1 saturated heterocycles. The maximum absolute atomic E-state index is 12.8. The highest BCUT2D eigenvalue weighted by molar-refractivity contribution is 7.69. The predicted octanol–water partition coefficient (Wildman–Crippen LogP) is 1.96. The molecule has 2 unspecified atom stereocenters. The van der Waals surface area contributed by atoms with Crippen molar-refractivity contribution in [3.63, 3.8) is 0 Å². The molecule has 3 aromatic rings. The summed E-state index contributed by atoms with van der Waals surface area (Å²) in [5, 5.41) is 13.2. The van der Waals surface area contributed by atoms with E-state index in [2.05, 4.69) is 10.3 Å². The Balaban J connectivity index is 1.33. The second-order valence-electron chi connectivity index (χ2n) is 10.0. The largest absolute Gasteiger partial charge is 0.778 e. The topological polar surface area (TPSA) is 241 Å². The molecule has 46 heavy (non-hydrogen) atoms. The van der Waals surface area contributed by atoms with E-state index in [1.165, 1.54) is 36.5 Å². The van der Waals surface area contributed by atoms with E-state index in [9.17, 15) is 43.4 Å². The third kappa shape index (κ3) is 9.96. The first-order valence-electron chi connectivity index (χ1n) is 13.6. The van der Waals surface area contributed by atoms with Crippen LogP contribution in [-0.4, -0.2) is 57.7 Å². The summed E-state index contributed by atoms with van der Waals surface area (Å²) in [5.74, 6) is -2.73. The number of nitro groups is 1. The molecule has 246 valence electrons. The molecule has 17 nitrogen and oxygen atoms in total. The maximum atomic E-state index is 12.8. The number of hydrogen-bond acceptors (Lipinski definition) is 14. The summed E-state index contributed by atoms with van der Waals surface area (Å²) in [6.07, 6.45) is -2.13. The monoisotopic (exact) mass is 678 g/mol. The number of nitrogens with one attached hydrogen (secondary N) is 1. The zero-order valence-corrected chi connectivity index (χ0v) is 26.0. The van der Waals surface area contributed by atoms with Gasteiger partial charge in [-0.05, 0) is 30.2 Å². The quantitative estimate of drug-likeness (QED) is 0.111. The number of amides is 1. The number of nitrogens with zero attached hydrogens (tertiary/aromatic N) is 3. The molecule has 0 aliphatic carbocycles. The molecule has 0 radical (unpaired) electrons. The van der Waals surface area contributed by atoms with Gasteiger partial charge < -0.3 is 42.8 Å². The number of nitro benzene ring substituents is 1. The molecule has 0 spiro atoms. The van der Waals surface area contributed by atoms with Gasteiger partial charge in [-0.1, -0.05) is 30.3 Å². The summed E-state index contributed by atoms with van der Waals surface area (Å²) in [5.41, 5.74) is -0.107. The van der Waals surface area contributed by atoms with Crippen LogP contribution in [0.4, 0.5) is 11.5 Å². The van der Waals surface area contributed by atoms with Crippen LogP contribution < -0.4 is 20.8 Å². The van der Waals surface area contributed by atoms with Gasteiger partial charge in [-0.3, -0.25) is 24.3 Å². The highest BCUT2D eigenvalue weighted by atomic mass is 31.2. The fourth-order valence-corrected chi connectivity index (χ4v) is 7.50. The summed E-state index contributed by atoms with van der Waals surface area (Å²) in [6, 6.07) is 14.9. The van der Waals surface area contributed by atoms with Gasteiger partial charge in [-0.15, -0.1) is 0 Å². The second-order valence-corrected chi connectivity index (χ2v) is 14.1. The van der Waals surface area contributed by atoms with E-state index in [4.69, 9.17) is 18.5 Å². The average molecular weight is 678 g/mol. The van der Waals surface area contributed by atoms with Gasteiger partial charge in [-0.2, -0.15) is 4.98 Å². The molecule has 5 atom stereocenters. The Bertz CT molecular complexity index is 1720. The van der Waals surface area contributed by atoms with E-state index in [1.54, 1.807) is 30.3 Å². The van der Waals surface area contributed by atoms with E-state index in [0.717, 1.165) is 11.5 Å². The van der Waals surface area contributed by atoms with Gasteiger partial charge in [-0.25, -0.2) is 4.79 Å². The van der Waals surface area contributed by atoms with Gasteiger partial charge in [0.2, 0.25) is 0 Å². The fraction of sp³-hybridized carbons (Fsp3) is 0.333. The molecular weight excluding hydrogens is 650 g/mol. The molecule has 1 aromatic heterocycles. The first-order chi connectivity index (χ1) is 21.7. The zero-order valence-electron chi connectivity index (χ0n) is 24.2. The van der Waals surface area contributed by atoms with Crippen molar-refractivity contribution >= 4 is 38.6 Å². The van der Waals surface area contributed by atoms with E-state index in [1.807, 2.05) is 0 Å². The summed E-state index contributed by atoms with van der Waals surface area (Å²) < 4.78 is 46.5. The van der Waals surface area contributed by atoms with Crippen LogP contribution in [0.25, 0.3) is 0 Å². The normalized spacial score (nSPS) is 20.3. The van der Waals surface area contributed by atoms with Crippen LogP contribution in [0, 0.1) is 10.1 Å². The Hall–Kier alpha value is -4.08. The number of esters is 1. The van der Waals surface area contributed by atoms with Crippen molar-refractivity contribution in [3.05, 3.63) is 98.6 Å². The molecule has 1 aliphatic heterocycles. The van der Waals surface area contributed by atoms with Crippen LogP contribution in [0.3, 0.4) is 0 Å². The Kier molecular flexibility index (Phi) is 11.3. The molecule has 2 heterocycles. The van der Waals surface area contributed by atoms with Crippen LogP contribution in [0.2, 0.25) is 0 Å². The van der Waals surface area contributed by atoms with Crippen LogP contribution in [0.5, 0.6) is 0 Å². The summed E-state index contributed by atoms with van der Waals surface area (Å²) in [7, 11) is -10.0. The highest BCUT2D eigenvalue weighted by Crippen LogP contribution is 2.53. The van der Waals surface area contributed by atoms with Crippen LogP contribution in [0.15, 0.2) is 71.7 Å². The maximum Gasteiger partial charge on any atom is 0.351 e. The van der Waals surface area contributed by atoms with Gasteiger partial charge in [0.25, 0.3) is 11.6 Å². The van der Waals surface area contributed by atoms with Gasteiger partial charge in [0.05, 0.1) is 24.0 Å². The number of carbonyl (C=O) groups is 2. The molecule has 4 rings (SSSR count). The second kappa shape index (κ2) is 15.0. The number of carbonyl (C=O) groups excluding carboxylic acids is 2.